The number of likely N-dealkylation sites (tertiary alicyclic amines) is 1. The smallest absolute Gasteiger partial charge is 0.222 e. The number of hydrogen-bond acceptors (Lipinski definition) is 2. The molecule has 0 aliphatic carbocycles. The Morgan fingerprint density at radius 1 is 1.13 bits per heavy atom. The maximum absolute atomic E-state index is 12.0. The number of amides is 1. The number of aliphatic imine (C=N–C) groups is 1. The quantitative estimate of drug-likeness (QED) is 0.472. The van der Waals surface area contributed by atoms with E-state index in [0.717, 1.165) is 36.9 Å². The van der Waals surface area contributed by atoms with Gasteiger partial charge in [0.2, 0.25) is 5.91 Å². The lowest BCUT2D eigenvalue weighted by molar-refractivity contribution is -0.128. The molecule has 0 unspecified atom stereocenters. The van der Waals surface area contributed by atoms with Gasteiger partial charge in [0.05, 0.1) is 0 Å². The number of hydrogen-bond donors (Lipinski definition) is 2. The zero-order chi connectivity index (χ0) is 22.3. The molecule has 0 saturated carbocycles. The first-order valence-electron chi connectivity index (χ1n) is 10.9. The molecule has 2 aromatic carbocycles. The van der Waals surface area contributed by atoms with Crippen molar-refractivity contribution < 1.29 is 4.79 Å². The lowest BCUT2D eigenvalue weighted by Gasteiger charge is -2.26. The molecule has 0 bridgehead atoms. The van der Waals surface area contributed by atoms with Gasteiger partial charge in [0, 0.05) is 44.7 Å². The van der Waals surface area contributed by atoms with E-state index in [-0.39, 0.29) is 11.3 Å². The van der Waals surface area contributed by atoms with Crippen molar-refractivity contribution in [1.29, 1.82) is 0 Å². The van der Waals surface area contributed by atoms with E-state index in [4.69, 9.17) is 11.6 Å². The van der Waals surface area contributed by atoms with Crippen LogP contribution in [0.3, 0.4) is 0 Å². The molecule has 166 valence electrons. The number of carbonyl (C=O) groups is 1. The van der Waals surface area contributed by atoms with Crippen molar-refractivity contribution in [2.24, 2.45) is 10.4 Å². The van der Waals surface area contributed by atoms with E-state index in [0.29, 0.717) is 19.5 Å². The maximum Gasteiger partial charge on any atom is 0.222 e. The molecule has 1 aliphatic heterocycles. The maximum atomic E-state index is 12.0. The summed E-state index contributed by atoms with van der Waals surface area (Å²) >= 11 is 6.13. The zero-order valence-electron chi connectivity index (χ0n) is 18.7. The monoisotopic (exact) mass is 440 g/mol. The second-order valence-corrected chi connectivity index (χ2v) is 9.37. The number of rotatable bonds is 8. The Hall–Kier alpha value is -2.53. The molecule has 3 rings (SSSR count). The van der Waals surface area contributed by atoms with Crippen molar-refractivity contribution >= 4 is 23.5 Å². The standard InChI is InChI=1S/C25H33ClN4O/c1-25(2,15-19-8-6-11-22(26)14-19)18-29-24(27-3)28-16-20-9-4-5-10-21(20)17-30-13-7-12-23(30)31/h4-6,8-11,14H,7,12-13,15-18H2,1-3H3,(H2,27,28,29). The molecule has 6 heteroatoms. The van der Waals surface area contributed by atoms with Crippen molar-refractivity contribution in [3.8, 4) is 0 Å². The first-order valence-corrected chi connectivity index (χ1v) is 11.3. The first kappa shape index (κ1) is 23.1. The van der Waals surface area contributed by atoms with E-state index in [1.165, 1.54) is 16.7 Å². The van der Waals surface area contributed by atoms with Gasteiger partial charge in [-0.25, -0.2) is 0 Å². The molecule has 0 aromatic heterocycles. The third-order valence-corrected chi connectivity index (χ3v) is 5.86. The van der Waals surface area contributed by atoms with Gasteiger partial charge in [0.1, 0.15) is 0 Å². The molecular weight excluding hydrogens is 408 g/mol. The van der Waals surface area contributed by atoms with Gasteiger partial charge in [-0.3, -0.25) is 9.79 Å². The van der Waals surface area contributed by atoms with Gasteiger partial charge in [-0.05, 0) is 47.1 Å². The Labute approximate surface area is 190 Å². The molecule has 1 amide bonds. The number of carbonyl (C=O) groups excluding carboxylic acids is 1. The molecule has 31 heavy (non-hydrogen) atoms. The normalized spacial score (nSPS) is 14.8. The number of nitrogens with zero attached hydrogens (tertiary/aromatic N) is 2. The third kappa shape index (κ3) is 7.00. The molecule has 0 spiro atoms. The van der Waals surface area contributed by atoms with Gasteiger partial charge >= 0.3 is 0 Å². The summed E-state index contributed by atoms with van der Waals surface area (Å²) in [6.45, 7) is 7.43. The average molecular weight is 441 g/mol. The summed E-state index contributed by atoms with van der Waals surface area (Å²) in [5.41, 5.74) is 3.63. The second-order valence-electron chi connectivity index (χ2n) is 8.94. The molecule has 0 radical (unpaired) electrons. The van der Waals surface area contributed by atoms with Crippen molar-refractivity contribution in [2.45, 2.75) is 46.2 Å². The van der Waals surface area contributed by atoms with Gasteiger partial charge in [0.15, 0.2) is 5.96 Å². The first-order chi connectivity index (χ1) is 14.9. The molecular formula is C25H33ClN4O. The summed E-state index contributed by atoms with van der Waals surface area (Å²) in [6.07, 6.45) is 2.55. The van der Waals surface area contributed by atoms with Crippen molar-refractivity contribution in [3.05, 3.63) is 70.2 Å². The fourth-order valence-corrected chi connectivity index (χ4v) is 4.16. The van der Waals surface area contributed by atoms with Crippen molar-refractivity contribution in [2.75, 3.05) is 20.1 Å². The van der Waals surface area contributed by atoms with Crippen LogP contribution in [-0.4, -0.2) is 36.9 Å². The largest absolute Gasteiger partial charge is 0.356 e. The summed E-state index contributed by atoms with van der Waals surface area (Å²) in [6, 6.07) is 16.3. The number of nitrogens with one attached hydrogen (secondary N) is 2. The van der Waals surface area contributed by atoms with Gasteiger partial charge in [-0.2, -0.15) is 0 Å². The van der Waals surface area contributed by atoms with Gasteiger partial charge < -0.3 is 15.5 Å². The van der Waals surface area contributed by atoms with Crippen LogP contribution in [0, 0.1) is 5.41 Å². The Morgan fingerprint density at radius 2 is 1.90 bits per heavy atom. The van der Waals surface area contributed by atoms with Crippen LogP contribution in [0.1, 0.15) is 43.4 Å². The van der Waals surface area contributed by atoms with Crippen molar-refractivity contribution in [1.82, 2.24) is 15.5 Å². The second kappa shape index (κ2) is 10.7. The third-order valence-electron chi connectivity index (χ3n) is 5.63. The lowest BCUT2D eigenvalue weighted by Crippen LogP contribution is -2.42. The summed E-state index contributed by atoms with van der Waals surface area (Å²) in [5.74, 6) is 1.02. The van der Waals surface area contributed by atoms with Crippen LogP contribution in [0.5, 0.6) is 0 Å². The van der Waals surface area contributed by atoms with Crippen LogP contribution in [0.2, 0.25) is 5.02 Å². The topological polar surface area (TPSA) is 56.7 Å². The Bertz CT molecular complexity index is 925. The van der Waals surface area contributed by atoms with E-state index in [1.807, 2.05) is 35.2 Å². The minimum absolute atomic E-state index is 0.0380. The predicted octanol–water partition coefficient (Wildman–Crippen LogP) is 4.40. The van der Waals surface area contributed by atoms with E-state index >= 15 is 0 Å². The highest BCUT2D eigenvalue weighted by molar-refractivity contribution is 6.30. The van der Waals surface area contributed by atoms with Crippen LogP contribution in [0.25, 0.3) is 0 Å². The molecule has 1 saturated heterocycles. The average Bonchev–Trinajstić information content (AvgIpc) is 3.13. The summed E-state index contributed by atoms with van der Waals surface area (Å²) < 4.78 is 0. The Morgan fingerprint density at radius 3 is 2.58 bits per heavy atom. The number of guanidine groups is 1. The van der Waals surface area contributed by atoms with Crippen LogP contribution in [0.4, 0.5) is 0 Å². The Kier molecular flexibility index (Phi) is 7.97. The molecule has 2 N–H and O–H groups in total. The van der Waals surface area contributed by atoms with Crippen molar-refractivity contribution in [3.63, 3.8) is 0 Å². The highest BCUT2D eigenvalue weighted by atomic mass is 35.5. The van der Waals surface area contributed by atoms with Gasteiger partial charge in [0.25, 0.3) is 0 Å². The lowest BCUT2D eigenvalue weighted by atomic mass is 9.86. The molecule has 1 fully saturated rings. The fourth-order valence-electron chi connectivity index (χ4n) is 3.95. The highest BCUT2D eigenvalue weighted by Crippen LogP contribution is 2.23. The van der Waals surface area contributed by atoms with Gasteiger partial charge in [-0.1, -0.05) is 61.8 Å². The summed E-state index contributed by atoms with van der Waals surface area (Å²) in [4.78, 5) is 18.3. The van der Waals surface area contributed by atoms with E-state index < -0.39 is 0 Å². The zero-order valence-corrected chi connectivity index (χ0v) is 19.5. The minimum Gasteiger partial charge on any atom is -0.356 e. The molecule has 2 aromatic rings. The van der Waals surface area contributed by atoms with Crippen LogP contribution in [0.15, 0.2) is 53.5 Å². The van der Waals surface area contributed by atoms with E-state index in [9.17, 15) is 4.79 Å². The molecule has 5 nitrogen and oxygen atoms in total. The van der Waals surface area contributed by atoms with Crippen LogP contribution < -0.4 is 10.6 Å². The highest BCUT2D eigenvalue weighted by Gasteiger charge is 2.21. The predicted molar refractivity (Wildman–Crippen MR) is 128 cm³/mol. The fraction of sp³-hybridized carbons (Fsp3) is 0.440. The Balaban J connectivity index is 1.54. The van der Waals surface area contributed by atoms with E-state index in [2.05, 4.69) is 47.7 Å². The SMILES string of the molecule is CN=C(NCc1ccccc1CN1CCCC1=O)NCC(C)(C)Cc1cccc(Cl)c1. The molecule has 1 aliphatic rings. The summed E-state index contributed by atoms with van der Waals surface area (Å²) in [5, 5.41) is 7.65. The summed E-state index contributed by atoms with van der Waals surface area (Å²) in [7, 11) is 1.79. The number of halogens is 1. The van der Waals surface area contributed by atoms with E-state index in [1.54, 1.807) is 7.05 Å². The molecule has 0 atom stereocenters. The van der Waals surface area contributed by atoms with Gasteiger partial charge in [-0.15, -0.1) is 0 Å². The molecule has 1 heterocycles. The van der Waals surface area contributed by atoms with Crippen LogP contribution in [-0.2, 0) is 24.3 Å². The minimum atomic E-state index is 0.0380. The number of benzene rings is 2. The van der Waals surface area contributed by atoms with Crippen LogP contribution >= 0.6 is 11.6 Å².